The zero-order valence-corrected chi connectivity index (χ0v) is 16.5. The van der Waals surface area contributed by atoms with Gasteiger partial charge in [-0.1, -0.05) is 0 Å². The van der Waals surface area contributed by atoms with Gasteiger partial charge in [-0.05, 0) is 18.2 Å². The van der Waals surface area contributed by atoms with E-state index in [1.807, 2.05) is 0 Å². The lowest BCUT2D eigenvalue weighted by Gasteiger charge is -2.12. The number of esters is 1. The maximum absolute atomic E-state index is 12.5. The first kappa shape index (κ1) is 23.3. The van der Waals surface area contributed by atoms with Crippen LogP contribution >= 0.6 is 0 Å². The molecule has 0 aliphatic heterocycles. The molecule has 31 heavy (non-hydrogen) atoms. The standard InChI is InChI=1S/C19H17F2NO9/c1-27-10-4-5-15(28-2)12(6-10)14(23)9-30-18(24)11-7-16(29-3)17(31-19(20)21)8-13(11)22(25)26/h4-8,19H,9H2,1-3H3. The fourth-order valence-electron chi connectivity index (χ4n) is 2.53. The second kappa shape index (κ2) is 10.2. The number of rotatable bonds is 10. The Kier molecular flexibility index (Phi) is 7.66. The number of methoxy groups -OCH3 is 3. The van der Waals surface area contributed by atoms with Crippen LogP contribution in [0.2, 0.25) is 0 Å². The average Bonchev–Trinajstić information content (AvgIpc) is 2.75. The second-order valence-electron chi connectivity index (χ2n) is 5.72. The first-order valence-electron chi connectivity index (χ1n) is 8.45. The van der Waals surface area contributed by atoms with Crippen molar-refractivity contribution in [2.45, 2.75) is 6.61 Å². The Hall–Kier alpha value is -3.96. The van der Waals surface area contributed by atoms with Crippen molar-refractivity contribution < 1.29 is 47.0 Å². The van der Waals surface area contributed by atoms with Crippen LogP contribution in [0.3, 0.4) is 0 Å². The third-order valence-electron chi connectivity index (χ3n) is 3.96. The van der Waals surface area contributed by atoms with Gasteiger partial charge in [0.2, 0.25) is 5.78 Å². The Bertz CT molecular complexity index is 995. The smallest absolute Gasteiger partial charge is 0.387 e. The minimum absolute atomic E-state index is 0.0578. The predicted molar refractivity (Wildman–Crippen MR) is 100 cm³/mol. The monoisotopic (exact) mass is 441 g/mol. The van der Waals surface area contributed by atoms with Crippen LogP contribution in [0.5, 0.6) is 23.0 Å². The number of alkyl halides is 2. The zero-order chi connectivity index (χ0) is 23.1. The maximum atomic E-state index is 12.5. The van der Waals surface area contributed by atoms with Crippen LogP contribution in [0.15, 0.2) is 30.3 Å². The van der Waals surface area contributed by atoms with Crippen molar-refractivity contribution in [1.82, 2.24) is 0 Å². The number of carbonyl (C=O) groups excluding carboxylic acids is 2. The normalized spacial score (nSPS) is 10.4. The number of ketones is 1. The molecule has 0 N–H and O–H groups in total. The quantitative estimate of drug-likeness (QED) is 0.236. The van der Waals surface area contributed by atoms with Gasteiger partial charge < -0.3 is 23.7 Å². The molecule has 166 valence electrons. The van der Waals surface area contributed by atoms with Crippen molar-refractivity contribution >= 4 is 17.4 Å². The highest BCUT2D eigenvalue weighted by Gasteiger charge is 2.28. The number of ether oxygens (including phenoxy) is 5. The molecular formula is C19H17F2NO9. The SMILES string of the molecule is COc1ccc(OC)c(C(=O)COC(=O)c2cc(OC)c(OC(F)F)cc2[N+](=O)[O-])c1. The van der Waals surface area contributed by atoms with Crippen LogP contribution in [-0.2, 0) is 4.74 Å². The van der Waals surface area contributed by atoms with E-state index in [0.29, 0.717) is 11.8 Å². The fraction of sp³-hybridized carbons (Fsp3) is 0.263. The molecule has 12 heteroatoms. The van der Waals surface area contributed by atoms with Gasteiger partial charge in [-0.2, -0.15) is 8.78 Å². The number of benzene rings is 2. The minimum Gasteiger partial charge on any atom is -0.497 e. The number of Topliss-reactive ketones (excluding diaryl/α,β-unsaturated/α-hetero) is 1. The molecular weight excluding hydrogens is 424 g/mol. The predicted octanol–water partition coefficient (Wildman–Crippen LogP) is 3.26. The summed E-state index contributed by atoms with van der Waals surface area (Å²) in [5.41, 5.74) is -1.43. The summed E-state index contributed by atoms with van der Waals surface area (Å²) in [5, 5.41) is 11.3. The molecule has 0 heterocycles. The molecule has 0 saturated heterocycles. The summed E-state index contributed by atoms with van der Waals surface area (Å²) in [7, 11) is 3.82. The molecule has 0 aromatic heterocycles. The molecule has 0 bridgehead atoms. The van der Waals surface area contributed by atoms with Crippen molar-refractivity contribution in [3.05, 3.63) is 51.6 Å². The van der Waals surface area contributed by atoms with E-state index in [2.05, 4.69) is 4.74 Å². The topological polar surface area (TPSA) is 123 Å². The van der Waals surface area contributed by atoms with E-state index in [-0.39, 0.29) is 17.1 Å². The molecule has 0 radical (unpaired) electrons. The molecule has 0 saturated carbocycles. The van der Waals surface area contributed by atoms with Gasteiger partial charge >= 0.3 is 12.6 Å². The number of nitro groups is 1. The van der Waals surface area contributed by atoms with Gasteiger partial charge in [0.05, 0.1) is 37.9 Å². The van der Waals surface area contributed by atoms with Crippen LogP contribution in [0.1, 0.15) is 20.7 Å². The Morgan fingerprint density at radius 3 is 2.19 bits per heavy atom. The van der Waals surface area contributed by atoms with E-state index >= 15 is 0 Å². The van der Waals surface area contributed by atoms with Gasteiger partial charge in [0.1, 0.15) is 17.1 Å². The van der Waals surface area contributed by atoms with Crippen molar-refractivity contribution in [3.8, 4) is 23.0 Å². The van der Waals surface area contributed by atoms with E-state index < -0.39 is 46.9 Å². The summed E-state index contributed by atoms with van der Waals surface area (Å²) in [6.07, 6.45) is 0. The van der Waals surface area contributed by atoms with Crippen LogP contribution in [0.4, 0.5) is 14.5 Å². The highest BCUT2D eigenvalue weighted by Crippen LogP contribution is 2.36. The summed E-state index contributed by atoms with van der Waals surface area (Å²) in [6.45, 7) is -4.06. The lowest BCUT2D eigenvalue weighted by molar-refractivity contribution is -0.385. The van der Waals surface area contributed by atoms with Gasteiger partial charge in [-0.15, -0.1) is 0 Å². The van der Waals surface area contributed by atoms with Gasteiger partial charge in [-0.25, -0.2) is 4.79 Å². The molecule has 10 nitrogen and oxygen atoms in total. The number of hydrogen-bond donors (Lipinski definition) is 0. The number of nitro benzene ring substituents is 1. The summed E-state index contributed by atoms with van der Waals surface area (Å²) in [5.74, 6) is -2.37. The van der Waals surface area contributed by atoms with Gasteiger partial charge in [-0.3, -0.25) is 14.9 Å². The van der Waals surface area contributed by atoms with Crippen LogP contribution in [0.25, 0.3) is 0 Å². The van der Waals surface area contributed by atoms with Crippen molar-refractivity contribution in [2.75, 3.05) is 27.9 Å². The molecule has 2 aromatic carbocycles. The van der Waals surface area contributed by atoms with E-state index in [9.17, 15) is 28.5 Å². The maximum Gasteiger partial charge on any atom is 0.387 e. The van der Waals surface area contributed by atoms with E-state index in [1.165, 1.54) is 26.4 Å². The Morgan fingerprint density at radius 1 is 0.968 bits per heavy atom. The molecule has 0 aliphatic carbocycles. The molecule has 2 aromatic rings. The zero-order valence-electron chi connectivity index (χ0n) is 16.5. The van der Waals surface area contributed by atoms with Gasteiger partial charge in [0.15, 0.2) is 18.1 Å². The highest BCUT2D eigenvalue weighted by atomic mass is 19.3. The van der Waals surface area contributed by atoms with E-state index in [1.54, 1.807) is 6.07 Å². The molecule has 0 unspecified atom stereocenters. The van der Waals surface area contributed by atoms with Crippen LogP contribution in [-0.4, -0.2) is 51.2 Å². The fourth-order valence-corrected chi connectivity index (χ4v) is 2.53. The third-order valence-corrected chi connectivity index (χ3v) is 3.96. The summed E-state index contributed by atoms with van der Waals surface area (Å²) < 4.78 is 49.1. The van der Waals surface area contributed by atoms with Crippen molar-refractivity contribution in [2.24, 2.45) is 0 Å². The molecule has 0 fully saturated rings. The van der Waals surface area contributed by atoms with Gasteiger partial charge in [0, 0.05) is 6.07 Å². The Morgan fingerprint density at radius 2 is 1.65 bits per heavy atom. The summed E-state index contributed by atoms with van der Waals surface area (Å²) in [6, 6.07) is 5.83. The molecule has 0 spiro atoms. The second-order valence-corrected chi connectivity index (χ2v) is 5.72. The summed E-state index contributed by atoms with van der Waals surface area (Å²) in [4.78, 5) is 35.2. The minimum atomic E-state index is -3.28. The largest absolute Gasteiger partial charge is 0.497 e. The van der Waals surface area contributed by atoms with E-state index in [4.69, 9.17) is 18.9 Å². The van der Waals surface area contributed by atoms with Crippen LogP contribution < -0.4 is 18.9 Å². The van der Waals surface area contributed by atoms with E-state index in [0.717, 1.165) is 13.2 Å². The van der Waals surface area contributed by atoms with Gasteiger partial charge in [0.25, 0.3) is 5.69 Å². The molecule has 0 amide bonds. The molecule has 2 rings (SSSR count). The molecule has 0 atom stereocenters. The lowest BCUT2D eigenvalue weighted by atomic mass is 10.1. The number of nitrogens with zero attached hydrogens (tertiary/aromatic N) is 1. The Balaban J connectivity index is 2.29. The average molecular weight is 441 g/mol. The number of carbonyl (C=O) groups is 2. The van der Waals surface area contributed by atoms with Crippen molar-refractivity contribution in [3.63, 3.8) is 0 Å². The first-order chi connectivity index (χ1) is 14.7. The highest BCUT2D eigenvalue weighted by molar-refractivity contribution is 6.02. The third kappa shape index (κ3) is 5.56. The lowest BCUT2D eigenvalue weighted by Crippen LogP contribution is -2.16. The Labute approximate surface area is 174 Å². The first-order valence-corrected chi connectivity index (χ1v) is 8.45. The summed E-state index contributed by atoms with van der Waals surface area (Å²) >= 11 is 0. The van der Waals surface area contributed by atoms with Crippen molar-refractivity contribution in [1.29, 1.82) is 0 Å². The number of hydrogen-bond acceptors (Lipinski definition) is 9. The molecule has 0 aliphatic rings. The van der Waals surface area contributed by atoms with Crippen LogP contribution in [0, 0.1) is 10.1 Å². The number of halogens is 2.